The van der Waals surface area contributed by atoms with Gasteiger partial charge in [0.1, 0.15) is 5.75 Å². The lowest BCUT2D eigenvalue weighted by Crippen LogP contribution is -2.36. The Bertz CT molecular complexity index is 1580. The molecule has 1 amide bonds. The zero-order chi connectivity index (χ0) is 31.2. The number of rotatable bonds is 12. The van der Waals surface area contributed by atoms with E-state index in [1.165, 1.54) is 7.11 Å². The summed E-state index contributed by atoms with van der Waals surface area (Å²) in [7, 11) is -2.28. The third-order valence-electron chi connectivity index (χ3n) is 7.27. The number of morpholine rings is 1. The lowest BCUT2D eigenvalue weighted by molar-refractivity contribution is -0.112. The summed E-state index contributed by atoms with van der Waals surface area (Å²) < 4.78 is 43.5. The van der Waals surface area contributed by atoms with E-state index in [1.807, 2.05) is 39.0 Å². The average molecular weight is 612 g/mol. The third kappa shape index (κ3) is 8.46. The molecule has 0 saturated carbocycles. The van der Waals surface area contributed by atoms with Crippen LogP contribution >= 0.6 is 0 Å². The molecular weight excluding hydrogens is 570 g/mol. The van der Waals surface area contributed by atoms with E-state index in [1.54, 1.807) is 30.3 Å². The summed E-state index contributed by atoms with van der Waals surface area (Å²) in [6.45, 7) is 10.9. The fraction of sp³-hybridized carbons (Fsp3) is 0.438. The van der Waals surface area contributed by atoms with E-state index < -0.39 is 27.1 Å². The highest BCUT2D eigenvalue weighted by atomic mass is 32.2. The second kappa shape index (κ2) is 13.7. The summed E-state index contributed by atoms with van der Waals surface area (Å²) in [5.74, 6) is -0.873. The largest absolute Gasteiger partial charge is 0.493 e. The average Bonchev–Trinajstić information content (AvgIpc) is 2.95. The predicted molar refractivity (Wildman–Crippen MR) is 169 cm³/mol. The quantitative estimate of drug-likeness (QED) is 0.170. The maximum absolute atomic E-state index is 13.5. The van der Waals surface area contributed by atoms with Crippen LogP contribution in [0.2, 0.25) is 0 Å². The van der Waals surface area contributed by atoms with Gasteiger partial charge >= 0.3 is 0 Å². The Morgan fingerprint density at radius 1 is 0.977 bits per heavy atom. The van der Waals surface area contributed by atoms with E-state index in [-0.39, 0.29) is 22.7 Å². The van der Waals surface area contributed by atoms with E-state index in [0.717, 1.165) is 62.9 Å². The van der Waals surface area contributed by atoms with Gasteiger partial charge in [0, 0.05) is 24.0 Å². The van der Waals surface area contributed by atoms with Gasteiger partial charge in [-0.25, -0.2) is 8.42 Å². The summed E-state index contributed by atoms with van der Waals surface area (Å²) in [4.78, 5) is 29.2. The molecule has 1 aliphatic heterocycles. The fourth-order valence-corrected chi connectivity index (χ4v) is 5.54. The molecule has 4 rings (SSSR count). The van der Waals surface area contributed by atoms with Crippen molar-refractivity contribution >= 4 is 43.9 Å². The minimum atomic E-state index is -3.65. The minimum Gasteiger partial charge on any atom is -0.493 e. The number of ketones is 1. The molecule has 11 heteroatoms. The molecule has 1 aliphatic rings. The van der Waals surface area contributed by atoms with Gasteiger partial charge in [-0.05, 0) is 60.0 Å². The van der Waals surface area contributed by atoms with E-state index in [4.69, 9.17) is 14.2 Å². The highest BCUT2D eigenvalue weighted by Crippen LogP contribution is 2.39. The standard InChI is InChI=1S/C32H41N3O7S/c1-32(2,3)22-20-26(30(40-4)27(21-22)34-43(5,38)39)33-31(37)29(36)25-12-13-28(24-11-7-6-10-23(24)25)42-17-9-8-14-35-15-18-41-19-16-35/h6-7,10-13,20-21,34H,8-9,14-19H2,1-5H3,(H,33,37). The second-order valence-corrected chi connectivity index (χ2v) is 13.4. The number of anilines is 2. The first-order valence-corrected chi connectivity index (χ1v) is 16.3. The normalized spacial score (nSPS) is 14.3. The molecule has 0 aromatic heterocycles. The number of Topliss-reactive ketones (excluding diaryl/α,β-unsaturated/α-hetero) is 1. The van der Waals surface area contributed by atoms with Crippen LogP contribution in [0.25, 0.3) is 10.8 Å². The molecule has 1 saturated heterocycles. The Labute approximate surface area is 253 Å². The van der Waals surface area contributed by atoms with Gasteiger partial charge in [-0.2, -0.15) is 0 Å². The molecule has 0 radical (unpaired) electrons. The van der Waals surface area contributed by atoms with E-state index in [2.05, 4.69) is 14.9 Å². The molecule has 3 aromatic rings. The van der Waals surface area contributed by atoms with Gasteiger partial charge in [0.2, 0.25) is 10.0 Å². The molecule has 232 valence electrons. The monoisotopic (exact) mass is 611 g/mol. The molecule has 0 aliphatic carbocycles. The van der Waals surface area contributed by atoms with Crippen molar-refractivity contribution in [2.75, 3.05) is 62.9 Å². The molecule has 43 heavy (non-hydrogen) atoms. The number of carbonyl (C=O) groups is 2. The zero-order valence-electron chi connectivity index (χ0n) is 25.5. The number of sulfonamides is 1. The maximum atomic E-state index is 13.5. The van der Waals surface area contributed by atoms with Gasteiger partial charge in [0.15, 0.2) is 5.75 Å². The number of methoxy groups -OCH3 is 1. The lowest BCUT2D eigenvalue weighted by atomic mass is 9.86. The van der Waals surface area contributed by atoms with Crippen LogP contribution in [0.3, 0.4) is 0 Å². The van der Waals surface area contributed by atoms with E-state index in [9.17, 15) is 18.0 Å². The van der Waals surface area contributed by atoms with Crippen LogP contribution in [0.1, 0.15) is 49.5 Å². The number of unbranched alkanes of at least 4 members (excludes halogenated alkanes) is 1. The fourth-order valence-electron chi connectivity index (χ4n) is 4.99. The third-order valence-corrected chi connectivity index (χ3v) is 7.86. The van der Waals surface area contributed by atoms with Crippen molar-refractivity contribution in [3.05, 3.63) is 59.7 Å². The number of nitrogens with one attached hydrogen (secondary N) is 2. The summed E-state index contributed by atoms with van der Waals surface area (Å²) in [6.07, 6.45) is 2.93. The van der Waals surface area contributed by atoms with Gasteiger partial charge in [-0.15, -0.1) is 0 Å². The van der Waals surface area contributed by atoms with Gasteiger partial charge in [-0.3, -0.25) is 19.2 Å². The first-order valence-electron chi connectivity index (χ1n) is 14.4. The van der Waals surface area contributed by atoms with Crippen LogP contribution in [-0.4, -0.2) is 77.8 Å². The van der Waals surface area contributed by atoms with E-state index in [0.29, 0.717) is 17.7 Å². The topological polar surface area (TPSA) is 123 Å². The molecule has 2 N–H and O–H groups in total. The molecule has 1 fully saturated rings. The Morgan fingerprint density at radius 3 is 2.30 bits per heavy atom. The highest BCUT2D eigenvalue weighted by Gasteiger charge is 2.25. The van der Waals surface area contributed by atoms with Crippen LogP contribution in [0.4, 0.5) is 11.4 Å². The molecule has 10 nitrogen and oxygen atoms in total. The number of nitrogens with zero attached hydrogens (tertiary/aromatic N) is 1. The van der Waals surface area contributed by atoms with Crippen molar-refractivity contribution < 1.29 is 32.2 Å². The van der Waals surface area contributed by atoms with Gasteiger partial charge < -0.3 is 19.5 Å². The first-order chi connectivity index (χ1) is 20.4. The Balaban J connectivity index is 1.53. The van der Waals surface area contributed by atoms with Gasteiger partial charge in [0.25, 0.3) is 11.7 Å². The van der Waals surface area contributed by atoms with Crippen LogP contribution in [0.5, 0.6) is 11.5 Å². The minimum absolute atomic E-state index is 0.0989. The molecule has 1 heterocycles. The Morgan fingerprint density at radius 2 is 1.65 bits per heavy atom. The number of hydrogen-bond donors (Lipinski definition) is 2. The second-order valence-electron chi connectivity index (χ2n) is 11.7. The van der Waals surface area contributed by atoms with Gasteiger partial charge in [0.05, 0.1) is 44.6 Å². The van der Waals surface area contributed by atoms with Crippen LogP contribution in [-0.2, 0) is 25.0 Å². The van der Waals surface area contributed by atoms with Crippen molar-refractivity contribution in [2.24, 2.45) is 0 Å². The number of hydrogen-bond acceptors (Lipinski definition) is 8. The summed E-state index contributed by atoms with van der Waals surface area (Å²) in [5.41, 5.74) is 0.920. The van der Waals surface area contributed by atoms with Crippen LogP contribution < -0.4 is 19.5 Å². The lowest BCUT2D eigenvalue weighted by Gasteiger charge is -2.26. The van der Waals surface area contributed by atoms with Crippen LogP contribution in [0.15, 0.2) is 48.5 Å². The van der Waals surface area contributed by atoms with E-state index >= 15 is 0 Å². The highest BCUT2D eigenvalue weighted by molar-refractivity contribution is 7.92. The van der Waals surface area contributed by atoms with Crippen molar-refractivity contribution in [3.63, 3.8) is 0 Å². The number of carbonyl (C=O) groups excluding carboxylic acids is 2. The Hall–Kier alpha value is -3.67. The zero-order valence-corrected chi connectivity index (χ0v) is 26.3. The number of fused-ring (bicyclic) bond motifs is 1. The van der Waals surface area contributed by atoms with Crippen LogP contribution in [0, 0.1) is 0 Å². The Kier molecular flexibility index (Phi) is 10.3. The molecule has 3 aromatic carbocycles. The predicted octanol–water partition coefficient (Wildman–Crippen LogP) is 4.83. The summed E-state index contributed by atoms with van der Waals surface area (Å²) in [6, 6.07) is 14.0. The van der Waals surface area contributed by atoms with Crippen molar-refractivity contribution in [2.45, 2.75) is 39.0 Å². The molecular formula is C32H41N3O7S. The number of amides is 1. The maximum Gasteiger partial charge on any atom is 0.296 e. The van der Waals surface area contributed by atoms with Gasteiger partial charge in [-0.1, -0.05) is 45.0 Å². The molecule has 0 unspecified atom stereocenters. The summed E-state index contributed by atoms with van der Waals surface area (Å²) in [5, 5.41) is 4.00. The first kappa shape index (κ1) is 32.2. The smallest absolute Gasteiger partial charge is 0.296 e. The van der Waals surface area contributed by atoms with Crippen molar-refractivity contribution in [3.8, 4) is 11.5 Å². The molecule has 0 bridgehead atoms. The SMILES string of the molecule is COc1c(NC(=O)C(=O)c2ccc(OCCCCN3CCOCC3)c3ccccc23)cc(C(C)(C)C)cc1NS(C)(=O)=O. The number of ether oxygens (including phenoxy) is 3. The number of benzene rings is 3. The molecule has 0 spiro atoms. The molecule has 0 atom stereocenters. The van der Waals surface area contributed by atoms with Crippen molar-refractivity contribution in [1.29, 1.82) is 0 Å². The summed E-state index contributed by atoms with van der Waals surface area (Å²) >= 11 is 0. The van der Waals surface area contributed by atoms with Crippen molar-refractivity contribution in [1.82, 2.24) is 4.90 Å².